The number of aryl methyl sites for hydroxylation is 2. The first kappa shape index (κ1) is 20.3. The normalized spacial score (nSPS) is 10.8. The second kappa shape index (κ2) is 9.66. The Morgan fingerprint density at radius 3 is 2.50 bits per heavy atom. The first-order chi connectivity index (χ1) is 13.5. The quantitative estimate of drug-likeness (QED) is 0.336. The topological polar surface area (TPSA) is 84.0 Å². The Kier molecular flexibility index (Phi) is 7.00. The fourth-order valence-corrected chi connectivity index (χ4v) is 4.64. The van der Waals surface area contributed by atoms with E-state index in [1.165, 1.54) is 22.2 Å². The number of hydrogen-bond donors (Lipinski definition) is 2. The molecule has 0 radical (unpaired) electrons. The van der Waals surface area contributed by atoms with Gasteiger partial charge in [-0.25, -0.2) is 9.97 Å². The lowest BCUT2D eigenvalue weighted by molar-refractivity contribution is -0.121. The van der Waals surface area contributed by atoms with E-state index in [1.54, 1.807) is 17.7 Å². The van der Waals surface area contributed by atoms with Crippen LogP contribution in [0.5, 0.6) is 0 Å². The molecule has 3 rings (SSSR count). The first-order valence-corrected chi connectivity index (χ1v) is 10.8. The molecule has 2 heterocycles. The average Bonchev–Trinajstić information content (AvgIpc) is 2.99. The molecule has 0 saturated heterocycles. The fraction of sp³-hybridized carbons (Fsp3) is 0.300. The minimum absolute atomic E-state index is 0.0542. The van der Waals surface area contributed by atoms with Gasteiger partial charge in [-0.15, -0.1) is 11.3 Å². The number of nitrogens with one attached hydrogen (secondary N) is 2. The number of carbonyl (C=O) groups excluding carboxylic acids is 2. The Morgan fingerprint density at radius 1 is 1.04 bits per heavy atom. The fourth-order valence-electron chi connectivity index (χ4n) is 2.69. The van der Waals surface area contributed by atoms with Gasteiger partial charge < -0.3 is 10.6 Å². The van der Waals surface area contributed by atoms with Crippen LogP contribution >= 0.6 is 23.1 Å². The Morgan fingerprint density at radius 2 is 1.75 bits per heavy atom. The largest absolute Gasteiger partial charge is 0.354 e. The molecule has 0 atom stereocenters. The Hall–Kier alpha value is -2.45. The number of fused-ring (bicyclic) bond motifs is 1. The zero-order chi connectivity index (χ0) is 19.9. The second-order valence-electron chi connectivity index (χ2n) is 6.29. The SMILES string of the molecule is Cc1sc2ncnc(SCC(=O)NCCNC(=O)Cc3ccccc3)c2c1C. The molecule has 0 saturated carbocycles. The minimum atomic E-state index is -0.0846. The zero-order valence-corrected chi connectivity index (χ0v) is 17.5. The van der Waals surface area contributed by atoms with Crippen molar-refractivity contribution in [3.8, 4) is 0 Å². The number of rotatable bonds is 8. The molecule has 0 aliphatic heterocycles. The zero-order valence-electron chi connectivity index (χ0n) is 15.8. The summed E-state index contributed by atoms with van der Waals surface area (Å²) in [5.74, 6) is 0.137. The summed E-state index contributed by atoms with van der Waals surface area (Å²) in [7, 11) is 0. The molecule has 0 aliphatic rings. The van der Waals surface area contributed by atoms with Gasteiger partial charge in [-0.1, -0.05) is 42.1 Å². The van der Waals surface area contributed by atoms with Crippen LogP contribution in [0.2, 0.25) is 0 Å². The van der Waals surface area contributed by atoms with Crippen LogP contribution in [0.15, 0.2) is 41.7 Å². The molecule has 2 N–H and O–H groups in total. The molecule has 6 nitrogen and oxygen atoms in total. The highest BCUT2D eigenvalue weighted by Gasteiger charge is 2.13. The van der Waals surface area contributed by atoms with Crippen molar-refractivity contribution in [1.82, 2.24) is 20.6 Å². The summed E-state index contributed by atoms with van der Waals surface area (Å²) < 4.78 is 0. The van der Waals surface area contributed by atoms with Crippen LogP contribution in [0.25, 0.3) is 10.2 Å². The molecular formula is C20H22N4O2S2. The number of thioether (sulfide) groups is 1. The Bertz CT molecular complexity index is 973. The third-order valence-electron chi connectivity index (χ3n) is 4.25. The maximum atomic E-state index is 12.1. The maximum absolute atomic E-state index is 12.1. The van der Waals surface area contributed by atoms with Crippen LogP contribution in [0, 0.1) is 13.8 Å². The van der Waals surface area contributed by atoms with Crippen LogP contribution < -0.4 is 10.6 Å². The van der Waals surface area contributed by atoms with E-state index in [2.05, 4.69) is 34.4 Å². The number of amides is 2. The molecular weight excluding hydrogens is 392 g/mol. The average molecular weight is 415 g/mol. The van der Waals surface area contributed by atoms with Gasteiger partial charge in [0.25, 0.3) is 0 Å². The third kappa shape index (κ3) is 5.30. The van der Waals surface area contributed by atoms with Gasteiger partial charge in [-0.2, -0.15) is 0 Å². The van der Waals surface area contributed by atoms with Crippen molar-refractivity contribution >= 4 is 45.1 Å². The van der Waals surface area contributed by atoms with E-state index >= 15 is 0 Å². The smallest absolute Gasteiger partial charge is 0.230 e. The highest BCUT2D eigenvalue weighted by atomic mass is 32.2. The number of aromatic nitrogens is 2. The van der Waals surface area contributed by atoms with E-state index in [4.69, 9.17) is 0 Å². The predicted molar refractivity (Wildman–Crippen MR) is 114 cm³/mol. The summed E-state index contributed by atoms with van der Waals surface area (Å²) in [5.41, 5.74) is 2.14. The number of nitrogens with zero attached hydrogens (tertiary/aromatic N) is 2. The number of hydrogen-bond acceptors (Lipinski definition) is 6. The number of benzene rings is 1. The van der Waals surface area contributed by atoms with Crippen molar-refractivity contribution in [3.63, 3.8) is 0 Å². The van der Waals surface area contributed by atoms with Gasteiger partial charge in [0.05, 0.1) is 12.2 Å². The number of carbonyl (C=O) groups is 2. The van der Waals surface area contributed by atoms with Crippen molar-refractivity contribution in [3.05, 3.63) is 52.7 Å². The summed E-state index contributed by atoms with van der Waals surface area (Å²) in [6.07, 6.45) is 1.88. The third-order valence-corrected chi connectivity index (χ3v) is 6.35. The molecule has 0 unspecified atom stereocenters. The lowest BCUT2D eigenvalue weighted by Gasteiger charge is -2.07. The van der Waals surface area contributed by atoms with E-state index in [0.717, 1.165) is 20.8 Å². The minimum Gasteiger partial charge on any atom is -0.354 e. The van der Waals surface area contributed by atoms with Crippen LogP contribution in [-0.2, 0) is 16.0 Å². The summed E-state index contributed by atoms with van der Waals surface area (Å²) in [6, 6.07) is 9.57. The van der Waals surface area contributed by atoms with E-state index in [-0.39, 0.29) is 17.6 Å². The Labute approximate surface area is 172 Å². The highest BCUT2D eigenvalue weighted by Crippen LogP contribution is 2.34. The highest BCUT2D eigenvalue weighted by molar-refractivity contribution is 8.00. The van der Waals surface area contributed by atoms with Crippen molar-refractivity contribution in [2.75, 3.05) is 18.8 Å². The van der Waals surface area contributed by atoms with E-state index in [0.29, 0.717) is 19.5 Å². The lowest BCUT2D eigenvalue weighted by Crippen LogP contribution is -2.36. The predicted octanol–water partition coefficient (Wildman–Crippen LogP) is 2.88. The summed E-state index contributed by atoms with van der Waals surface area (Å²) in [4.78, 5) is 34.8. The van der Waals surface area contributed by atoms with Gasteiger partial charge in [-0.05, 0) is 25.0 Å². The molecule has 0 spiro atoms. The van der Waals surface area contributed by atoms with Gasteiger partial charge in [0.1, 0.15) is 16.2 Å². The molecule has 146 valence electrons. The molecule has 1 aromatic carbocycles. The lowest BCUT2D eigenvalue weighted by atomic mass is 10.1. The standard InChI is InChI=1S/C20H22N4O2S2/c1-13-14(2)28-20-18(13)19(23-12-24-20)27-11-17(26)22-9-8-21-16(25)10-15-6-4-3-5-7-15/h3-7,12H,8-11H2,1-2H3,(H,21,25)(H,22,26). The molecule has 8 heteroatoms. The van der Waals surface area contributed by atoms with Gasteiger partial charge >= 0.3 is 0 Å². The van der Waals surface area contributed by atoms with Crippen molar-refractivity contribution in [2.45, 2.75) is 25.3 Å². The molecule has 3 aromatic rings. The van der Waals surface area contributed by atoms with Crippen LogP contribution in [0.1, 0.15) is 16.0 Å². The second-order valence-corrected chi connectivity index (χ2v) is 8.46. The monoisotopic (exact) mass is 414 g/mol. The molecule has 2 amide bonds. The summed E-state index contributed by atoms with van der Waals surface area (Å²) >= 11 is 3.05. The Balaban J connectivity index is 1.40. The van der Waals surface area contributed by atoms with Gasteiger partial charge in [0, 0.05) is 23.4 Å². The van der Waals surface area contributed by atoms with Crippen LogP contribution in [0.3, 0.4) is 0 Å². The van der Waals surface area contributed by atoms with E-state index < -0.39 is 0 Å². The van der Waals surface area contributed by atoms with Crippen molar-refractivity contribution < 1.29 is 9.59 Å². The van der Waals surface area contributed by atoms with Crippen LogP contribution in [0.4, 0.5) is 0 Å². The molecule has 2 aromatic heterocycles. The van der Waals surface area contributed by atoms with Gasteiger partial charge in [0.2, 0.25) is 11.8 Å². The van der Waals surface area contributed by atoms with Crippen LogP contribution in [-0.4, -0.2) is 40.6 Å². The maximum Gasteiger partial charge on any atom is 0.230 e. The molecule has 0 aliphatic carbocycles. The molecule has 0 bridgehead atoms. The van der Waals surface area contributed by atoms with Gasteiger partial charge in [0.15, 0.2) is 0 Å². The van der Waals surface area contributed by atoms with Crippen molar-refractivity contribution in [1.29, 1.82) is 0 Å². The first-order valence-electron chi connectivity index (χ1n) is 8.95. The summed E-state index contributed by atoms with van der Waals surface area (Å²) in [5, 5.41) is 7.51. The van der Waals surface area contributed by atoms with E-state index in [9.17, 15) is 9.59 Å². The summed E-state index contributed by atoms with van der Waals surface area (Å²) in [6.45, 7) is 4.92. The van der Waals surface area contributed by atoms with E-state index in [1.807, 2.05) is 30.3 Å². The number of thiophene rings is 1. The molecule has 0 fully saturated rings. The molecule has 28 heavy (non-hydrogen) atoms. The van der Waals surface area contributed by atoms with Crippen molar-refractivity contribution in [2.24, 2.45) is 0 Å². The van der Waals surface area contributed by atoms with Gasteiger partial charge in [-0.3, -0.25) is 9.59 Å².